The fourth-order valence-corrected chi connectivity index (χ4v) is 4.71. The zero-order valence-electron chi connectivity index (χ0n) is 17.4. The van der Waals surface area contributed by atoms with E-state index in [4.69, 9.17) is 27.5 Å². The van der Waals surface area contributed by atoms with Gasteiger partial charge in [0.1, 0.15) is 11.5 Å². The van der Waals surface area contributed by atoms with Gasteiger partial charge in [-0.05, 0) is 30.7 Å². The first-order valence-electron chi connectivity index (χ1n) is 10.0. The van der Waals surface area contributed by atoms with Gasteiger partial charge in [0.15, 0.2) is 0 Å². The number of hydrogen-bond acceptors (Lipinski definition) is 9. The predicted octanol–water partition coefficient (Wildman–Crippen LogP) is 3.77. The molecular formula is C22H17ClN6O3S. The second-order valence-electron chi connectivity index (χ2n) is 7.34. The van der Waals surface area contributed by atoms with Crippen LogP contribution in [0.25, 0.3) is 21.1 Å². The van der Waals surface area contributed by atoms with Crippen LogP contribution < -0.4 is 15.4 Å². The molecule has 0 saturated carbocycles. The van der Waals surface area contributed by atoms with Crippen molar-refractivity contribution < 1.29 is 14.3 Å². The number of nitrogens with one attached hydrogen (secondary N) is 2. The minimum Gasteiger partial charge on any atom is -0.418 e. The molecule has 2 N–H and O–H groups in total. The van der Waals surface area contributed by atoms with Crippen molar-refractivity contribution in [3.8, 4) is 24.1 Å². The summed E-state index contributed by atoms with van der Waals surface area (Å²) in [4.78, 5) is 30.5. The first kappa shape index (κ1) is 21.3. The van der Waals surface area contributed by atoms with Crippen molar-refractivity contribution in [3.05, 3.63) is 40.3 Å². The Hall–Kier alpha value is -3.52. The molecule has 33 heavy (non-hydrogen) atoms. The molecule has 0 saturated heterocycles. The second kappa shape index (κ2) is 8.78. The van der Waals surface area contributed by atoms with Crippen molar-refractivity contribution in [1.29, 1.82) is 0 Å². The molecule has 0 radical (unpaired) electrons. The van der Waals surface area contributed by atoms with E-state index in [1.54, 1.807) is 0 Å². The summed E-state index contributed by atoms with van der Waals surface area (Å²) >= 11 is 7.37. The molecule has 0 spiro atoms. The molecule has 0 fully saturated rings. The lowest BCUT2D eigenvalue weighted by Crippen LogP contribution is -2.34. The van der Waals surface area contributed by atoms with Crippen molar-refractivity contribution in [2.75, 3.05) is 18.5 Å². The number of amides is 1. The highest BCUT2D eigenvalue weighted by Crippen LogP contribution is 2.40. The lowest BCUT2D eigenvalue weighted by atomic mass is 10.1. The molecule has 4 heterocycles. The minimum atomic E-state index is -0.0926. The molecule has 0 bridgehead atoms. The number of nitrogens with zero attached hydrogens (tertiary/aromatic N) is 4. The van der Waals surface area contributed by atoms with Crippen LogP contribution in [0.1, 0.15) is 22.2 Å². The van der Waals surface area contributed by atoms with E-state index in [9.17, 15) is 4.79 Å². The van der Waals surface area contributed by atoms with Crippen LogP contribution in [0.4, 0.5) is 5.69 Å². The third kappa shape index (κ3) is 4.14. The summed E-state index contributed by atoms with van der Waals surface area (Å²) in [5.74, 6) is 2.75. The number of carbonyl (C=O) groups is 1. The van der Waals surface area contributed by atoms with Gasteiger partial charge in [-0.2, -0.15) is 4.98 Å². The minimum absolute atomic E-state index is 0.0201. The number of carbonyl (C=O) groups excluding carboxylic acids is 1. The highest BCUT2D eigenvalue weighted by molar-refractivity contribution is 7.21. The van der Waals surface area contributed by atoms with E-state index in [1.807, 2.05) is 19.1 Å². The van der Waals surface area contributed by atoms with Crippen molar-refractivity contribution >= 4 is 55.7 Å². The Morgan fingerprint density at radius 1 is 1.30 bits per heavy atom. The Bertz CT molecular complexity index is 1430. The highest BCUT2D eigenvalue weighted by atomic mass is 35.5. The number of halogens is 1. The molecule has 1 atom stereocenters. The third-order valence-electron chi connectivity index (χ3n) is 4.95. The van der Waals surface area contributed by atoms with E-state index in [0.29, 0.717) is 28.0 Å². The smallest absolute Gasteiger partial charge is 0.263 e. The van der Waals surface area contributed by atoms with Gasteiger partial charge < -0.3 is 20.1 Å². The normalized spacial score (nSPS) is 15.4. The molecule has 1 aliphatic rings. The fraction of sp³-hybridized carbons (Fsp3) is 0.227. The van der Waals surface area contributed by atoms with E-state index < -0.39 is 0 Å². The summed E-state index contributed by atoms with van der Waals surface area (Å²) < 4.78 is 12.2. The van der Waals surface area contributed by atoms with Gasteiger partial charge in [-0.1, -0.05) is 5.92 Å². The molecule has 1 aromatic carbocycles. The lowest BCUT2D eigenvalue weighted by molar-refractivity contribution is 0.0949. The van der Waals surface area contributed by atoms with Crippen molar-refractivity contribution in [2.24, 2.45) is 0 Å². The Kier molecular flexibility index (Phi) is 5.68. The van der Waals surface area contributed by atoms with Gasteiger partial charge in [0.2, 0.25) is 17.0 Å². The van der Waals surface area contributed by atoms with Gasteiger partial charge in [-0.25, -0.2) is 15.0 Å². The van der Waals surface area contributed by atoms with E-state index in [-0.39, 0.29) is 42.2 Å². The van der Waals surface area contributed by atoms with Crippen LogP contribution >= 0.6 is 22.9 Å². The molecule has 1 amide bonds. The Morgan fingerprint density at radius 2 is 2.18 bits per heavy atom. The van der Waals surface area contributed by atoms with Crippen LogP contribution in [0.15, 0.2) is 24.5 Å². The van der Waals surface area contributed by atoms with Crippen LogP contribution in [0.2, 0.25) is 5.28 Å². The molecule has 5 rings (SSSR count). The summed E-state index contributed by atoms with van der Waals surface area (Å²) in [6.07, 6.45) is 8.24. The summed E-state index contributed by atoms with van der Waals surface area (Å²) in [7, 11) is 0. The Balaban J connectivity index is 1.53. The van der Waals surface area contributed by atoms with Crippen molar-refractivity contribution in [3.63, 3.8) is 0 Å². The topological polar surface area (TPSA) is 111 Å². The van der Waals surface area contributed by atoms with Gasteiger partial charge in [-0.3, -0.25) is 4.79 Å². The molecule has 9 nitrogen and oxygen atoms in total. The van der Waals surface area contributed by atoms with Crippen LogP contribution in [-0.2, 0) is 11.3 Å². The number of ether oxygens (including phenoxy) is 2. The van der Waals surface area contributed by atoms with Crippen LogP contribution in [0.5, 0.6) is 11.8 Å². The van der Waals surface area contributed by atoms with Crippen LogP contribution in [-0.4, -0.2) is 45.0 Å². The maximum absolute atomic E-state index is 12.6. The van der Waals surface area contributed by atoms with Gasteiger partial charge >= 0.3 is 0 Å². The number of hydrogen-bond donors (Lipinski definition) is 2. The Morgan fingerprint density at radius 3 is 3.03 bits per heavy atom. The molecule has 3 aromatic heterocycles. The monoisotopic (exact) mass is 480 g/mol. The average Bonchev–Trinajstić information content (AvgIpc) is 3.12. The average molecular weight is 481 g/mol. The quantitative estimate of drug-likeness (QED) is 0.252. The zero-order valence-corrected chi connectivity index (χ0v) is 19.0. The highest BCUT2D eigenvalue weighted by Gasteiger charge is 2.25. The number of anilines is 1. The van der Waals surface area contributed by atoms with Gasteiger partial charge in [0.25, 0.3) is 5.91 Å². The number of thiophene rings is 1. The van der Waals surface area contributed by atoms with Gasteiger partial charge in [0, 0.05) is 28.9 Å². The number of rotatable bonds is 5. The fourth-order valence-electron chi connectivity index (χ4n) is 3.50. The van der Waals surface area contributed by atoms with E-state index in [0.717, 1.165) is 15.8 Å². The standard InChI is InChI=1S/C22H17ClN6O3S/c1-3-6-31-10-12-8-26-22(23)29-21(12)32-15-9-25-17-13(28-15)4-5-14-16(17)18-19(33-14)20(30)27-11(2)7-24-18/h1,4-5,8-9,11,24H,6-7,10H2,2H3,(H,27,30)/t11-/m1/s1. The zero-order chi connectivity index (χ0) is 22.9. The summed E-state index contributed by atoms with van der Waals surface area (Å²) in [5.41, 5.74) is 2.64. The SMILES string of the molecule is C#CCOCc1cnc(Cl)nc1Oc1cnc2c(ccc3sc4c(c32)NC[C@@H](C)NC4=O)n1. The van der Waals surface area contributed by atoms with Crippen molar-refractivity contribution in [2.45, 2.75) is 19.6 Å². The maximum Gasteiger partial charge on any atom is 0.263 e. The number of aromatic nitrogens is 4. The molecule has 0 unspecified atom stereocenters. The van der Waals surface area contributed by atoms with E-state index in [2.05, 4.69) is 36.5 Å². The van der Waals surface area contributed by atoms with Gasteiger partial charge in [0.05, 0.1) is 35.1 Å². The van der Waals surface area contributed by atoms with Gasteiger partial charge in [-0.15, -0.1) is 17.8 Å². The van der Waals surface area contributed by atoms with E-state index >= 15 is 0 Å². The molecule has 1 aliphatic heterocycles. The molecular weight excluding hydrogens is 464 g/mol. The molecule has 0 aliphatic carbocycles. The summed E-state index contributed by atoms with van der Waals surface area (Å²) in [6, 6.07) is 3.79. The van der Waals surface area contributed by atoms with Crippen molar-refractivity contribution in [1.82, 2.24) is 25.3 Å². The number of terminal acetylenes is 1. The summed E-state index contributed by atoms with van der Waals surface area (Å²) in [6.45, 7) is 2.88. The third-order valence-corrected chi connectivity index (χ3v) is 6.29. The Labute approximate surface area is 197 Å². The lowest BCUT2D eigenvalue weighted by Gasteiger charge is -2.11. The number of fused-ring (bicyclic) bond motifs is 5. The van der Waals surface area contributed by atoms with Crippen LogP contribution in [0, 0.1) is 12.3 Å². The summed E-state index contributed by atoms with van der Waals surface area (Å²) in [5, 5.41) is 7.26. The van der Waals surface area contributed by atoms with E-state index in [1.165, 1.54) is 23.7 Å². The molecule has 11 heteroatoms. The predicted molar refractivity (Wildman–Crippen MR) is 126 cm³/mol. The molecule has 4 aromatic rings. The van der Waals surface area contributed by atoms with Crippen LogP contribution in [0.3, 0.4) is 0 Å². The second-order valence-corrected chi connectivity index (χ2v) is 8.73. The first-order chi connectivity index (χ1) is 16.0. The largest absolute Gasteiger partial charge is 0.418 e. The molecule has 166 valence electrons. The number of benzene rings is 1. The maximum atomic E-state index is 12.6. The first-order valence-corrected chi connectivity index (χ1v) is 11.2.